The van der Waals surface area contributed by atoms with E-state index in [0.29, 0.717) is 5.56 Å². The Balaban J connectivity index is 1.44. The molecule has 1 aliphatic heterocycles. The van der Waals surface area contributed by atoms with E-state index in [-0.39, 0.29) is 11.9 Å². The number of carbonyl (C=O) groups is 1. The van der Waals surface area contributed by atoms with E-state index in [1.54, 1.807) is 6.33 Å². The lowest BCUT2D eigenvalue weighted by Gasteiger charge is -2.33. The van der Waals surface area contributed by atoms with Crippen molar-refractivity contribution in [3.63, 3.8) is 0 Å². The van der Waals surface area contributed by atoms with Crippen molar-refractivity contribution in [1.29, 1.82) is 0 Å². The van der Waals surface area contributed by atoms with Crippen molar-refractivity contribution in [2.24, 2.45) is 0 Å². The second-order valence-electron chi connectivity index (χ2n) is 6.69. The van der Waals surface area contributed by atoms with Gasteiger partial charge in [-0.2, -0.15) is 0 Å². The van der Waals surface area contributed by atoms with E-state index in [9.17, 15) is 4.79 Å². The zero-order valence-corrected chi connectivity index (χ0v) is 14.9. The zero-order chi connectivity index (χ0) is 17.9. The normalized spacial score (nSPS) is 15.3. The molecule has 4 rings (SSSR count). The number of nitrogens with one attached hydrogen (secondary N) is 2. The SMILES string of the molecule is CCc1c[nH]c2ncnc(N3CCC(NC(=O)c4ccccc4)CC3)c12. The average Bonchev–Trinajstić information content (AvgIpc) is 3.13. The molecule has 1 fully saturated rings. The topological polar surface area (TPSA) is 73.9 Å². The molecule has 2 aromatic heterocycles. The molecular weight excluding hydrogens is 326 g/mol. The number of aromatic amines is 1. The highest BCUT2D eigenvalue weighted by Crippen LogP contribution is 2.28. The predicted molar refractivity (Wildman–Crippen MR) is 102 cm³/mol. The summed E-state index contributed by atoms with van der Waals surface area (Å²) in [4.78, 5) is 26.8. The van der Waals surface area contributed by atoms with Crippen LogP contribution in [0.3, 0.4) is 0 Å². The van der Waals surface area contributed by atoms with Gasteiger partial charge in [-0.3, -0.25) is 4.79 Å². The summed E-state index contributed by atoms with van der Waals surface area (Å²) in [5, 5.41) is 4.28. The molecule has 1 amide bonds. The summed E-state index contributed by atoms with van der Waals surface area (Å²) in [6.45, 7) is 3.89. The summed E-state index contributed by atoms with van der Waals surface area (Å²) < 4.78 is 0. The third-order valence-electron chi connectivity index (χ3n) is 5.08. The van der Waals surface area contributed by atoms with Crippen LogP contribution in [0.25, 0.3) is 11.0 Å². The van der Waals surface area contributed by atoms with Crippen LogP contribution >= 0.6 is 0 Å². The average molecular weight is 349 g/mol. The highest BCUT2D eigenvalue weighted by Gasteiger charge is 2.24. The Morgan fingerprint density at radius 2 is 2.00 bits per heavy atom. The van der Waals surface area contributed by atoms with Gasteiger partial charge in [0.1, 0.15) is 17.8 Å². The van der Waals surface area contributed by atoms with E-state index in [4.69, 9.17) is 0 Å². The lowest BCUT2D eigenvalue weighted by atomic mass is 10.0. The molecule has 0 bridgehead atoms. The van der Waals surface area contributed by atoms with Gasteiger partial charge in [0.15, 0.2) is 0 Å². The fraction of sp³-hybridized carbons (Fsp3) is 0.350. The number of carbonyl (C=O) groups excluding carboxylic acids is 1. The number of fused-ring (bicyclic) bond motifs is 1. The van der Waals surface area contributed by atoms with Crippen LogP contribution in [0.2, 0.25) is 0 Å². The third kappa shape index (κ3) is 3.14. The molecule has 6 heteroatoms. The first-order valence-electron chi connectivity index (χ1n) is 9.18. The number of rotatable bonds is 4. The minimum Gasteiger partial charge on any atom is -0.356 e. The molecule has 0 radical (unpaired) electrons. The van der Waals surface area contributed by atoms with Gasteiger partial charge >= 0.3 is 0 Å². The van der Waals surface area contributed by atoms with Gasteiger partial charge < -0.3 is 15.2 Å². The summed E-state index contributed by atoms with van der Waals surface area (Å²) in [6.07, 6.45) is 6.42. The van der Waals surface area contributed by atoms with Crippen LogP contribution in [0.1, 0.15) is 35.7 Å². The van der Waals surface area contributed by atoms with Crippen molar-refractivity contribution in [2.45, 2.75) is 32.2 Å². The van der Waals surface area contributed by atoms with Gasteiger partial charge in [0.2, 0.25) is 0 Å². The maximum absolute atomic E-state index is 12.3. The third-order valence-corrected chi connectivity index (χ3v) is 5.08. The van der Waals surface area contributed by atoms with Gasteiger partial charge in [-0.15, -0.1) is 0 Å². The van der Waals surface area contributed by atoms with Crippen molar-refractivity contribution < 1.29 is 4.79 Å². The van der Waals surface area contributed by atoms with Gasteiger partial charge in [0.25, 0.3) is 5.91 Å². The minimum absolute atomic E-state index is 0.00683. The second-order valence-corrected chi connectivity index (χ2v) is 6.69. The summed E-state index contributed by atoms with van der Waals surface area (Å²) in [5.74, 6) is 1.01. The first-order valence-corrected chi connectivity index (χ1v) is 9.18. The number of piperidine rings is 1. The van der Waals surface area contributed by atoms with E-state index in [0.717, 1.165) is 49.2 Å². The maximum Gasteiger partial charge on any atom is 0.251 e. The molecule has 0 aliphatic carbocycles. The highest BCUT2D eigenvalue weighted by atomic mass is 16.1. The van der Waals surface area contributed by atoms with E-state index in [1.807, 2.05) is 36.5 Å². The number of hydrogen-bond donors (Lipinski definition) is 2. The van der Waals surface area contributed by atoms with Crippen LogP contribution < -0.4 is 10.2 Å². The Hall–Kier alpha value is -2.89. The molecular formula is C20H23N5O. The second kappa shape index (κ2) is 7.15. The summed E-state index contributed by atoms with van der Waals surface area (Å²) in [6, 6.07) is 9.59. The van der Waals surface area contributed by atoms with E-state index in [1.165, 1.54) is 5.56 Å². The maximum atomic E-state index is 12.3. The highest BCUT2D eigenvalue weighted by molar-refractivity contribution is 5.94. The molecule has 1 aliphatic rings. The number of aryl methyl sites for hydroxylation is 1. The molecule has 0 unspecified atom stereocenters. The molecule has 1 saturated heterocycles. The monoisotopic (exact) mass is 349 g/mol. The quantitative estimate of drug-likeness (QED) is 0.759. The number of H-pyrrole nitrogens is 1. The van der Waals surface area contributed by atoms with Crippen molar-refractivity contribution >= 4 is 22.8 Å². The number of benzene rings is 1. The summed E-state index contributed by atoms with van der Waals surface area (Å²) in [7, 11) is 0. The molecule has 0 atom stereocenters. The minimum atomic E-state index is 0.00683. The predicted octanol–water partition coefficient (Wildman–Crippen LogP) is 2.92. The van der Waals surface area contributed by atoms with Crippen LogP contribution in [-0.2, 0) is 6.42 Å². The smallest absolute Gasteiger partial charge is 0.251 e. The number of aromatic nitrogens is 3. The molecule has 26 heavy (non-hydrogen) atoms. The van der Waals surface area contributed by atoms with Gasteiger partial charge in [0, 0.05) is 30.9 Å². The lowest BCUT2D eigenvalue weighted by molar-refractivity contribution is 0.0931. The van der Waals surface area contributed by atoms with Crippen LogP contribution in [0, 0.1) is 0 Å². The molecule has 3 heterocycles. The largest absolute Gasteiger partial charge is 0.356 e. The number of nitrogens with zero attached hydrogens (tertiary/aromatic N) is 3. The van der Waals surface area contributed by atoms with E-state index < -0.39 is 0 Å². The molecule has 0 spiro atoms. The molecule has 3 aromatic rings. The molecule has 1 aromatic carbocycles. The van der Waals surface area contributed by atoms with Gasteiger partial charge in [0.05, 0.1) is 5.39 Å². The molecule has 134 valence electrons. The summed E-state index contributed by atoms with van der Waals surface area (Å²) >= 11 is 0. The summed E-state index contributed by atoms with van der Waals surface area (Å²) in [5.41, 5.74) is 2.86. The standard InChI is InChI=1S/C20H23N5O/c1-2-14-12-21-18-17(14)19(23-13-22-18)25-10-8-16(9-11-25)24-20(26)15-6-4-3-5-7-15/h3-7,12-13,16H,2,8-11H2,1H3,(H,24,26)(H,21,22,23). The van der Waals surface area contributed by atoms with Crippen LogP contribution in [-0.4, -0.2) is 40.0 Å². The number of anilines is 1. The van der Waals surface area contributed by atoms with Crippen molar-refractivity contribution in [3.8, 4) is 0 Å². The number of hydrogen-bond acceptors (Lipinski definition) is 4. The first kappa shape index (κ1) is 16.6. The Labute approximate surface area is 152 Å². The van der Waals surface area contributed by atoms with Gasteiger partial charge in [-0.1, -0.05) is 25.1 Å². The Morgan fingerprint density at radius 1 is 1.23 bits per heavy atom. The van der Waals surface area contributed by atoms with E-state index >= 15 is 0 Å². The Kier molecular flexibility index (Phi) is 4.56. The van der Waals surface area contributed by atoms with Crippen LogP contribution in [0.4, 0.5) is 5.82 Å². The first-order chi connectivity index (χ1) is 12.8. The molecule has 0 saturated carbocycles. The van der Waals surface area contributed by atoms with Crippen molar-refractivity contribution in [1.82, 2.24) is 20.3 Å². The Morgan fingerprint density at radius 3 is 2.73 bits per heavy atom. The number of amides is 1. The fourth-order valence-electron chi connectivity index (χ4n) is 3.62. The van der Waals surface area contributed by atoms with Crippen LogP contribution in [0.5, 0.6) is 0 Å². The molecule has 2 N–H and O–H groups in total. The molecule has 6 nitrogen and oxygen atoms in total. The van der Waals surface area contributed by atoms with Crippen molar-refractivity contribution in [2.75, 3.05) is 18.0 Å². The van der Waals surface area contributed by atoms with Gasteiger partial charge in [-0.05, 0) is 37.0 Å². The van der Waals surface area contributed by atoms with E-state index in [2.05, 4.69) is 32.1 Å². The lowest BCUT2D eigenvalue weighted by Crippen LogP contribution is -2.45. The van der Waals surface area contributed by atoms with Crippen molar-refractivity contribution in [3.05, 3.63) is 54.0 Å². The van der Waals surface area contributed by atoms with Gasteiger partial charge in [-0.25, -0.2) is 9.97 Å². The fourth-order valence-corrected chi connectivity index (χ4v) is 3.62. The van der Waals surface area contributed by atoms with Crippen LogP contribution in [0.15, 0.2) is 42.9 Å². The Bertz CT molecular complexity index is 897. The zero-order valence-electron chi connectivity index (χ0n) is 14.9.